The van der Waals surface area contributed by atoms with E-state index in [-0.39, 0.29) is 12.0 Å². The van der Waals surface area contributed by atoms with Crippen molar-refractivity contribution in [2.75, 3.05) is 26.3 Å². The van der Waals surface area contributed by atoms with Gasteiger partial charge in [0.1, 0.15) is 0 Å². The summed E-state index contributed by atoms with van der Waals surface area (Å²) < 4.78 is 31.4. The van der Waals surface area contributed by atoms with Crippen molar-refractivity contribution in [1.29, 1.82) is 0 Å². The quantitative estimate of drug-likeness (QED) is 0.723. The van der Waals surface area contributed by atoms with Crippen LogP contribution in [0, 0.1) is 5.41 Å². The van der Waals surface area contributed by atoms with E-state index in [0.717, 1.165) is 12.8 Å². The van der Waals surface area contributed by atoms with Gasteiger partial charge < -0.3 is 10.5 Å². The molecule has 6 heteroatoms. The molecule has 1 aliphatic rings. The van der Waals surface area contributed by atoms with Crippen LogP contribution in [0.4, 0.5) is 0 Å². The molecule has 1 fully saturated rings. The highest BCUT2D eigenvalue weighted by Gasteiger charge is 2.30. The van der Waals surface area contributed by atoms with E-state index in [0.29, 0.717) is 19.8 Å². The Morgan fingerprint density at radius 1 is 1.44 bits per heavy atom. The van der Waals surface area contributed by atoms with Crippen molar-refractivity contribution in [2.24, 2.45) is 11.1 Å². The maximum atomic E-state index is 11.7. The summed E-state index contributed by atoms with van der Waals surface area (Å²) in [6.45, 7) is 5.76. The number of rotatable bonds is 5. The Labute approximate surface area is 97.8 Å². The molecule has 1 saturated heterocycles. The zero-order valence-electron chi connectivity index (χ0n) is 10.0. The molecule has 1 rings (SSSR count). The molecule has 1 aliphatic heterocycles. The second-order valence-electron chi connectivity index (χ2n) is 4.84. The molecule has 0 amide bonds. The van der Waals surface area contributed by atoms with E-state index >= 15 is 0 Å². The number of sulfonamides is 1. The van der Waals surface area contributed by atoms with Gasteiger partial charge in [0.15, 0.2) is 0 Å². The first-order valence-corrected chi connectivity index (χ1v) is 7.20. The van der Waals surface area contributed by atoms with Crippen molar-refractivity contribution in [3.05, 3.63) is 0 Å². The summed E-state index contributed by atoms with van der Waals surface area (Å²) in [6, 6.07) is 0. The van der Waals surface area contributed by atoms with Crippen molar-refractivity contribution in [3.8, 4) is 0 Å². The van der Waals surface area contributed by atoms with Gasteiger partial charge in [-0.25, -0.2) is 13.1 Å². The highest BCUT2D eigenvalue weighted by molar-refractivity contribution is 7.90. The van der Waals surface area contributed by atoms with E-state index in [4.69, 9.17) is 10.5 Å². The summed E-state index contributed by atoms with van der Waals surface area (Å²) in [6.07, 6.45) is 1.79. The molecule has 16 heavy (non-hydrogen) atoms. The summed E-state index contributed by atoms with van der Waals surface area (Å²) in [4.78, 5) is 0. The van der Waals surface area contributed by atoms with Crippen LogP contribution in [0.3, 0.4) is 0 Å². The van der Waals surface area contributed by atoms with E-state index in [1.54, 1.807) is 6.92 Å². The molecular weight excluding hydrogens is 228 g/mol. The Balaban J connectivity index is 2.50. The average Bonchev–Trinajstić information content (AvgIpc) is 2.27. The highest BCUT2D eigenvalue weighted by atomic mass is 32.2. The lowest BCUT2D eigenvalue weighted by atomic mass is 9.83. The molecular formula is C10H22N2O3S. The number of hydrogen-bond donors (Lipinski definition) is 2. The third-order valence-electron chi connectivity index (χ3n) is 3.26. The summed E-state index contributed by atoms with van der Waals surface area (Å²) in [7, 11) is -3.26. The molecule has 0 aliphatic carbocycles. The minimum atomic E-state index is -3.26. The van der Waals surface area contributed by atoms with Gasteiger partial charge >= 0.3 is 0 Å². The molecule has 96 valence electrons. The van der Waals surface area contributed by atoms with Gasteiger partial charge in [0.05, 0.1) is 5.25 Å². The lowest BCUT2D eigenvalue weighted by Gasteiger charge is -2.33. The second-order valence-corrected chi connectivity index (χ2v) is 7.02. The van der Waals surface area contributed by atoms with E-state index in [1.807, 2.05) is 0 Å². The lowest BCUT2D eigenvalue weighted by Crippen LogP contribution is -2.43. The Bertz CT molecular complexity index is 310. The average molecular weight is 250 g/mol. The maximum Gasteiger partial charge on any atom is 0.215 e. The molecule has 0 spiro atoms. The Morgan fingerprint density at radius 2 is 2.00 bits per heavy atom. The summed E-state index contributed by atoms with van der Waals surface area (Å²) in [5, 5.41) is -0.532. The van der Waals surface area contributed by atoms with Crippen LogP contribution < -0.4 is 10.5 Å². The van der Waals surface area contributed by atoms with Crippen molar-refractivity contribution in [3.63, 3.8) is 0 Å². The molecule has 1 heterocycles. The van der Waals surface area contributed by atoms with E-state index in [9.17, 15) is 8.42 Å². The van der Waals surface area contributed by atoms with Crippen LogP contribution in [0.5, 0.6) is 0 Å². The summed E-state index contributed by atoms with van der Waals surface area (Å²) in [5.74, 6) is 0. The topological polar surface area (TPSA) is 81.4 Å². The first-order valence-electron chi connectivity index (χ1n) is 5.66. The van der Waals surface area contributed by atoms with E-state index in [2.05, 4.69) is 11.6 Å². The smallest absolute Gasteiger partial charge is 0.215 e. The number of nitrogens with two attached hydrogens (primary N) is 1. The SMILES string of the molecule is CC(CN)S(=O)(=O)NCC1(C)CCOCC1. The molecule has 0 radical (unpaired) electrons. The van der Waals surface area contributed by atoms with Gasteiger partial charge in [-0.2, -0.15) is 0 Å². The third-order valence-corrected chi connectivity index (χ3v) is 5.06. The standard InChI is InChI=1S/C10H22N2O3S/c1-9(7-11)16(13,14)12-8-10(2)3-5-15-6-4-10/h9,12H,3-8,11H2,1-2H3. The van der Waals surface area contributed by atoms with Gasteiger partial charge in [0, 0.05) is 26.3 Å². The molecule has 0 aromatic rings. The van der Waals surface area contributed by atoms with Gasteiger partial charge in [0.2, 0.25) is 10.0 Å². The van der Waals surface area contributed by atoms with Crippen molar-refractivity contribution >= 4 is 10.0 Å². The van der Waals surface area contributed by atoms with E-state index in [1.165, 1.54) is 0 Å². The number of nitrogens with one attached hydrogen (secondary N) is 1. The van der Waals surface area contributed by atoms with Crippen LogP contribution in [-0.4, -0.2) is 40.0 Å². The molecule has 0 aromatic heterocycles. The van der Waals surface area contributed by atoms with Crippen LogP contribution >= 0.6 is 0 Å². The Morgan fingerprint density at radius 3 is 2.50 bits per heavy atom. The molecule has 5 nitrogen and oxygen atoms in total. The lowest BCUT2D eigenvalue weighted by molar-refractivity contribution is 0.0264. The minimum Gasteiger partial charge on any atom is -0.381 e. The normalized spacial score (nSPS) is 22.9. The van der Waals surface area contributed by atoms with Gasteiger partial charge in [-0.3, -0.25) is 0 Å². The third kappa shape index (κ3) is 3.69. The first-order chi connectivity index (χ1) is 7.40. The first kappa shape index (κ1) is 13.9. The monoisotopic (exact) mass is 250 g/mol. The van der Waals surface area contributed by atoms with E-state index < -0.39 is 15.3 Å². The predicted octanol–water partition coefficient (Wildman–Crippen LogP) is 0.0697. The molecule has 0 saturated carbocycles. The fourth-order valence-corrected chi connectivity index (χ4v) is 2.67. The molecule has 1 atom stereocenters. The molecule has 3 N–H and O–H groups in total. The highest BCUT2D eigenvalue weighted by Crippen LogP contribution is 2.28. The van der Waals surface area contributed by atoms with Crippen LogP contribution in [0.1, 0.15) is 26.7 Å². The fraction of sp³-hybridized carbons (Fsp3) is 1.00. The largest absolute Gasteiger partial charge is 0.381 e. The molecule has 0 aromatic carbocycles. The summed E-state index contributed by atoms with van der Waals surface area (Å²) >= 11 is 0. The van der Waals surface area contributed by atoms with Crippen LogP contribution in [-0.2, 0) is 14.8 Å². The van der Waals surface area contributed by atoms with Crippen LogP contribution in [0.2, 0.25) is 0 Å². The number of ether oxygens (including phenoxy) is 1. The predicted molar refractivity (Wildman–Crippen MR) is 63.6 cm³/mol. The van der Waals surface area contributed by atoms with Crippen LogP contribution in [0.25, 0.3) is 0 Å². The minimum absolute atomic E-state index is 0.0135. The molecule has 1 unspecified atom stereocenters. The van der Waals surface area contributed by atoms with Crippen molar-refractivity contribution in [2.45, 2.75) is 31.9 Å². The maximum absolute atomic E-state index is 11.7. The van der Waals surface area contributed by atoms with Gasteiger partial charge in [-0.15, -0.1) is 0 Å². The van der Waals surface area contributed by atoms with Crippen molar-refractivity contribution < 1.29 is 13.2 Å². The summed E-state index contributed by atoms with van der Waals surface area (Å²) in [5.41, 5.74) is 5.37. The van der Waals surface area contributed by atoms with Gasteiger partial charge in [-0.05, 0) is 25.2 Å². The zero-order valence-corrected chi connectivity index (χ0v) is 10.8. The Kier molecular flexibility index (Phi) is 4.73. The number of hydrogen-bond acceptors (Lipinski definition) is 4. The zero-order chi connectivity index (χ0) is 12.2. The fourth-order valence-electron chi connectivity index (χ4n) is 1.58. The molecule has 0 bridgehead atoms. The van der Waals surface area contributed by atoms with Gasteiger partial charge in [-0.1, -0.05) is 6.92 Å². The van der Waals surface area contributed by atoms with Crippen molar-refractivity contribution in [1.82, 2.24) is 4.72 Å². The Hall–Kier alpha value is -0.170. The second kappa shape index (κ2) is 5.44. The van der Waals surface area contributed by atoms with Gasteiger partial charge in [0.25, 0.3) is 0 Å². The van der Waals surface area contributed by atoms with Crippen LogP contribution in [0.15, 0.2) is 0 Å².